The van der Waals surface area contributed by atoms with Gasteiger partial charge in [-0.1, -0.05) is 29.8 Å². The van der Waals surface area contributed by atoms with Gasteiger partial charge in [0.15, 0.2) is 0 Å². The normalized spacial score (nSPS) is 11.5. The summed E-state index contributed by atoms with van der Waals surface area (Å²) in [5, 5.41) is 0.984. The standard InChI is InChI=1S/C23H18N2O2/c1-15-7-9-17(10-8-15)24-20-5-3-4-6-21(20)25-19-12-11-18(27-2)13-16(19)14-22(25)23(24)26/h3-14H,1-2H3. The minimum Gasteiger partial charge on any atom is -0.497 e. The molecule has 0 spiro atoms. The van der Waals surface area contributed by atoms with Crippen molar-refractivity contribution in [2.45, 2.75) is 6.92 Å². The Labute approximate surface area is 155 Å². The van der Waals surface area contributed by atoms with Crippen molar-refractivity contribution in [1.29, 1.82) is 0 Å². The number of fused-ring (bicyclic) bond motifs is 5. The summed E-state index contributed by atoms with van der Waals surface area (Å²) in [6.07, 6.45) is 0. The molecule has 132 valence electrons. The molecule has 0 amide bonds. The van der Waals surface area contributed by atoms with Gasteiger partial charge >= 0.3 is 0 Å². The number of rotatable bonds is 2. The number of hydrogen-bond donors (Lipinski definition) is 0. The van der Waals surface area contributed by atoms with E-state index in [-0.39, 0.29) is 5.56 Å². The van der Waals surface area contributed by atoms with Crippen LogP contribution in [0.1, 0.15) is 5.56 Å². The second kappa shape index (κ2) is 5.74. The Kier molecular flexibility index (Phi) is 3.34. The molecule has 0 atom stereocenters. The number of nitrogens with zero attached hydrogens (tertiary/aromatic N) is 2. The Morgan fingerprint density at radius 3 is 2.26 bits per heavy atom. The lowest BCUT2D eigenvalue weighted by molar-refractivity contribution is 0.415. The maximum absolute atomic E-state index is 13.5. The van der Waals surface area contributed by atoms with E-state index in [9.17, 15) is 4.79 Å². The van der Waals surface area contributed by atoms with Crippen molar-refractivity contribution >= 4 is 27.5 Å². The van der Waals surface area contributed by atoms with E-state index in [4.69, 9.17) is 4.74 Å². The highest BCUT2D eigenvalue weighted by Crippen LogP contribution is 2.27. The molecule has 0 bridgehead atoms. The summed E-state index contributed by atoms with van der Waals surface area (Å²) < 4.78 is 9.18. The fourth-order valence-corrected chi connectivity index (χ4v) is 3.75. The van der Waals surface area contributed by atoms with Gasteiger partial charge in [0.2, 0.25) is 0 Å². The molecule has 4 nitrogen and oxygen atoms in total. The molecule has 27 heavy (non-hydrogen) atoms. The molecule has 0 aliphatic heterocycles. The van der Waals surface area contributed by atoms with Crippen LogP contribution in [0.25, 0.3) is 33.1 Å². The maximum Gasteiger partial charge on any atom is 0.279 e. The van der Waals surface area contributed by atoms with Gasteiger partial charge in [-0.3, -0.25) is 9.36 Å². The zero-order valence-electron chi connectivity index (χ0n) is 15.1. The number of ether oxygens (including phenoxy) is 1. The summed E-state index contributed by atoms with van der Waals surface area (Å²) in [6.45, 7) is 2.04. The molecule has 0 fully saturated rings. The zero-order valence-corrected chi connectivity index (χ0v) is 15.1. The van der Waals surface area contributed by atoms with Crippen LogP contribution >= 0.6 is 0 Å². The zero-order chi connectivity index (χ0) is 18.5. The molecule has 0 N–H and O–H groups in total. The van der Waals surface area contributed by atoms with Crippen molar-refractivity contribution in [3.05, 3.63) is 88.7 Å². The van der Waals surface area contributed by atoms with Crippen LogP contribution in [0.5, 0.6) is 5.75 Å². The molecule has 0 radical (unpaired) electrons. The smallest absolute Gasteiger partial charge is 0.279 e. The van der Waals surface area contributed by atoms with Crippen LogP contribution in [0.15, 0.2) is 77.6 Å². The number of benzene rings is 3. The molecule has 5 aromatic rings. The quantitative estimate of drug-likeness (QED) is 0.460. The number of hydrogen-bond acceptors (Lipinski definition) is 2. The van der Waals surface area contributed by atoms with Crippen LogP contribution in [0.3, 0.4) is 0 Å². The predicted molar refractivity (Wildman–Crippen MR) is 109 cm³/mol. The number of para-hydroxylation sites is 2. The summed E-state index contributed by atoms with van der Waals surface area (Å²) in [5.41, 5.74) is 5.52. The molecular formula is C23H18N2O2. The highest BCUT2D eigenvalue weighted by Gasteiger charge is 2.15. The van der Waals surface area contributed by atoms with Crippen LogP contribution in [-0.4, -0.2) is 16.1 Å². The third-order valence-corrected chi connectivity index (χ3v) is 5.09. The van der Waals surface area contributed by atoms with Crippen molar-refractivity contribution in [1.82, 2.24) is 8.97 Å². The average Bonchev–Trinajstić information content (AvgIpc) is 3.09. The van der Waals surface area contributed by atoms with Gasteiger partial charge < -0.3 is 9.14 Å². The van der Waals surface area contributed by atoms with E-state index in [0.717, 1.165) is 38.9 Å². The van der Waals surface area contributed by atoms with E-state index in [1.54, 1.807) is 11.7 Å². The molecule has 4 heteroatoms. The lowest BCUT2D eigenvalue weighted by Gasteiger charge is -2.13. The number of aromatic nitrogens is 2. The van der Waals surface area contributed by atoms with Crippen molar-refractivity contribution in [3.63, 3.8) is 0 Å². The van der Waals surface area contributed by atoms with Crippen molar-refractivity contribution < 1.29 is 4.74 Å². The van der Waals surface area contributed by atoms with Gasteiger partial charge in [-0.05, 0) is 55.5 Å². The SMILES string of the molecule is COc1ccc2c(c1)cc1c(=O)n(-c3ccc(C)cc3)c3ccccc3n12. The van der Waals surface area contributed by atoms with E-state index >= 15 is 0 Å². The first-order valence-corrected chi connectivity index (χ1v) is 8.87. The minimum atomic E-state index is -0.0345. The van der Waals surface area contributed by atoms with E-state index in [1.807, 2.05) is 78.1 Å². The average molecular weight is 354 g/mol. The fraction of sp³-hybridized carbons (Fsp3) is 0.0870. The Morgan fingerprint density at radius 2 is 1.52 bits per heavy atom. The summed E-state index contributed by atoms with van der Waals surface area (Å²) in [4.78, 5) is 13.5. The summed E-state index contributed by atoms with van der Waals surface area (Å²) in [7, 11) is 1.65. The molecule has 0 saturated heterocycles. The Hall–Kier alpha value is -3.53. The van der Waals surface area contributed by atoms with E-state index in [2.05, 4.69) is 6.07 Å². The Morgan fingerprint density at radius 1 is 0.778 bits per heavy atom. The van der Waals surface area contributed by atoms with Gasteiger partial charge in [0, 0.05) is 11.1 Å². The number of methoxy groups -OCH3 is 1. The van der Waals surface area contributed by atoms with Crippen LogP contribution in [0, 0.1) is 6.92 Å². The molecule has 3 aromatic carbocycles. The first kappa shape index (κ1) is 15.7. The van der Waals surface area contributed by atoms with Gasteiger partial charge in [0.05, 0.1) is 23.7 Å². The molecule has 0 saturated carbocycles. The lowest BCUT2D eigenvalue weighted by atomic mass is 10.2. The molecule has 0 unspecified atom stereocenters. The first-order valence-electron chi connectivity index (χ1n) is 8.87. The minimum absolute atomic E-state index is 0.0345. The molecule has 2 aromatic heterocycles. The van der Waals surface area contributed by atoms with E-state index < -0.39 is 0 Å². The Balaban J connectivity index is 1.99. The second-order valence-corrected chi connectivity index (χ2v) is 6.75. The summed E-state index contributed by atoms with van der Waals surface area (Å²) >= 11 is 0. The van der Waals surface area contributed by atoms with Crippen molar-refractivity contribution in [2.75, 3.05) is 7.11 Å². The van der Waals surface area contributed by atoms with Gasteiger partial charge in [0.25, 0.3) is 5.56 Å². The van der Waals surface area contributed by atoms with Gasteiger partial charge in [0.1, 0.15) is 11.3 Å². The highest BCUT2D eigenvalue weighted by atomic mass is 16.5. The maximum atomic E-state index is 13.5. The third-order valence-electron chi connectivity index (χ3n) is 5.09. The fourth-order valence-electron chi connectivity index (χ4n) is 3.75. The van der Waals surface area contributed by atoms with Crippen LogP contribution < -0.4 is 10.3 Å². The topological polar surface area (TPSA) is 35.6 Å². The molecule has 5 rings (SSSR count). The van der Waals surface area contributed by atoms with Crippen LogP contribution in [-0.2, 0) is 0 Å². The monoisotopic (exact) mass is 354 g/mol. The van der Waals surface area contributed by atoms with Gasteiger partial charge in [-0.25, -0.2) is 0 Å². The van der Waals surface area contributed by atoms with Crippen LogP contribution in [0.2, 0.25) is 0 Å². The predicted octanol–water partition coefficient (Wildman–Crippen LogP) is 4.71. The summed E-state index contributed by atoms with van der Waals surface area (Å²) in [5.74, 6) is 0.779. The number of aryl methyl sites for hydroxylation is 1. The third kappa shape index (κ3) is 2.27. The van der Waals surface area contributed by atoms with Crippen molar-refractivity contribution in [3.8, 4) is 11.4 Å². The second-order valence-electron chi connectivity index (χ2n) is 6.75. The summed E-state index contributed by atoms with van der Waals surface area (Å²) in [6, 6.07) is 23.9. The van der Waals surface area contributed by atoms with Crippen molar-refractivity contribution in [2.24, 2.45) is 0 Å². The highest BCUT2D eigenvalue weighted by molar-refractivity contribution is 5.94. The lowest BCUT2D eigenvalue weighted by Crippen LogP contribution is -2.21. The molecule has 0 aliphatic carbocycles. The van der Waals surface area contributed by atoms with E-state index in [1.165, 1.54) is 0 Å². The van der Waals surface area contributed by atoms with Gasteiger partial charge in [-0.2, -0.15) is 0 Å². The first-order chi connectivity index (χ1) is 13.2. The van der Waals surface area contributed by atoms with E-state index in [0.29, 0.717) is 5.52 Å². The molecule has 2 heterocycles. The Bertz CT molecular complexity index is 1380. The molecule has 0 aliphatic rings. The van der Waals surface area contributed by atoms with Crippen LogP contribution in [0.4, 0.5) is 0 Å². The van der Waals surface area contributed by atoms with Gasteiger partial charge in [-0.15, -0.1) is 0 Å². The largest absolute Gasteiger partial charge is 0.497 e. The molecular weight excluding hydrogens is 336 g/mol.